The van der Waals surface area contributed by atoms with E-state index in [1.54, 1.807) is 0 Å². The van der Waals surface area contributed by atoms with Gasteiger partial charge in [-0.2, -0.15) is 0 Å². The van der Waals surface area contributed by atoms with Crippen molar-refractivity contribution in [3.8, 4) is 0 Å². The summed E-state index contributed by atoms with van der Waals surface area (Å²) >= 11 is 0. The van der Waals surface area contributed by atoms with Gasteiger partial charge in [-0.25, -0.2) is 0 Å². The van der Waals surface area contributed by atoms with E-state index >= 15 is 0 Å². The molecule has 0 spiro atoms. The Labute approximate surface area is 203 Å². The summed E-state index contributed by atoms with van der Waals surface area (Å²) in [6.07, 6.45) is 5.54. The van der Waals surface area contributed by atoms with Crippen molar-refractivity contribution in [3.05, 3.63) is 95.1 Å². The number of benzene rings is 4. The van der Waals surface area contributed by atoms with E-state index in [0.717, 1.165) is 32.7 Å². The van der Waals surface area contributed by atoms with E-state index in [4.69, 9.17) is 0 Å². The van der Waals surface area contributed by atoms with E-state index < -0.39 is 18.8 Å². The minimum atomic E-state index is -3.20. The monoisotopic (exact) mass is 472 g/mol. The Morgan fingerprint density at radius 3 is 1.38 bits per heavy atom. The van der Waals surface area contributed by atoms with Crippen LogP contribution >= 0.6 is 7.80 Å². The molecule has 0 unspecified atom stereocenters. The van der Waals surface area contributed by atoms with E-state index in [1.165, 1.54) is 25.7 Å². The highest BCUT2D eigenvalue weighted by atomic mass is 31.1. The number of fused-ring (bicyclic) bond motifs is 2. The Kier molecular flexibility index (Phi) is 8.96. The average Bonchev–Trinajstić information content (AvgIpc) is 2.86. The van der Waals surface area contributed by atoms with Gasteiger partial charge in [0.2, 0.25) is 18.8 Å². The molecule has 0 amide bonds. The molecular weight excluding hydrogens is 439 g/mol. The minimum absolute atomic E-state index is 0.383. The van der Waals surface area contributed by atoms with E-state index in [9.17, 15) is 14.2 Å². The molecule has 0 aliphatic rings. The molecule has 4 heteroatoms. The molecule has 176 valence electrons. The first-order valence-corrected chi connectivity index (χ1v) is 13.4. The molecule has 0 aromatic heterocycles. The van der Waals surface area contributed by atoms with Crippen molar-refractivity contribution in [2.75, 3.05) is 0 Å². The summed E-state index contributed by atoms with van der Waals surface area (Å²) in [5.74, 6) is 0. The fourth-order valence-electron chi connectivity index (χ4n) is 4.19. The lowest BCUT2D eigenvalue weighted by molar-refractivity contribution is 0.104. The smallest absolute Gasteiger partial charge is 0.227 e. The molecule has 3 nitrogen and oxygen atoms in total. The third-order valence-electron chi connectivity index (χ3n) is 6.10. The van der Waals surface area contributed by atoms with Gasteiger partial charge in [0, 0.05) is 11.1 Å². The van der Waals surface area contributed by atoms with Crippen LogP contribution in [0.25, 0.3) is 21.5 Å². The maximum atomic E-state index is 13.2. The molecular formula is C30H33O3P. The topological polar surface area (TPSA) is 51.2 Å². The zero-order valence-corrected chi connectivity index (χ0v) is 21.5. The Bertz CT molecular complexity index is 1250. The van der Waals surface area contributed by atoms with Gasteiger partial charge in [0.05, 0.1) is 0 Å². The molecule has 0 heterocycles. The molecule has 0 bridgehead atoms. The zero-order valence-electron chi connectivity index (χ0n) is 20.5. The fourth-order valence-corrected chi connectivity index (χ4v) is 5.52. The molecule has 0 aliphatic carbocycles. The van der Waals surface area contributed by atoms with Crippen LogP contribution in [-0.4, -0.2) is 11.0 Å². The summed E-state index contributed by atoms with van der Waals surface area (Å²) in [5, 5.41) is 3.24. The fraction of sp³-hybridized carbons (Fsp3) is 0.267. The second-order valence-corrected chi connectivity index (χ2v) is 10.2. The minimum Gasteiger partial charge on any atom is -0.310 e. The first-order valence-electron chi connectivity index (χ1n) is 12.0. The Hall–Kier alpha value is -3.03. The second-order valence-electron chi connectivity index (χ2n) is 8.65. The van der Waals surface area contributed by atoms with Crippen LogP contribution in [0.1, 0.15) is 71.4 Å². The predicted molar refractivity (Wildman–Crippen MR) is 145 cm³/mol. The molecule has 4 aromatic carbocycles. The van der Waals surface area contributed by atoms with Gasteiger partial charge in [0.1, 0.15) is 0 Å². The van der Waals surface area contributed by atoms with Crippen LogP contribution in [0.2, 0.25) is 0 Å². The van der Waals surface area contributed by atoms with Crippen molar-refractivity contribution in [2.45, 2.75) is 53.4 Å². The van der Waals surface area contributed by atoms with Gasteiger partial charge in [-0.05, 0) is 46.5 Å². The largest absolute Gasteiger partial charge is 0.310 e. The molecule has 4 aromatic rings. The summed E-state index contributed by atoms with van der Waals surface area (Å²) in [7, 11) is -3.20. The third kappa shape index (κ3) is 5.54. The van der Waals surface area contributed by atoms with Crippen LogP contribution in [0.4, 0.5) is 0 Å². The van der Waals surface area contributed by atoms with E-state index in [2.05, 4.69) is 13.8 Å². The molecule has 0 fully saturated rings. The summed E-state index contributed by atoms with van der Waals surface area (Å²) in [5.41, 5.74) is 1.07. The van der Waals surface area contributed by atoms with Crippen LogP contribution in [0.5, 0.6) is 0 Å². The number of hydrogen-bond acceptors (Lipinski definition) is 3. The molecule has 0 N–H and O–H groups in total. The maximum Gasteiger partial charge on any atom is 0.227 e. The number of carbonyl (C=O) groups excluding carboxylic acids is 2. The van der Waals surface area contributed by atoms with Crippen molar-refractivity contribution >= 4 is 40.4 Å². The normalized spacial score (nSPS) is 10.9. The summed E-state index contributed by atoms with van der Waals surface area (Å²) < 4.78 is 13.1. The first-order chi connectivity index (χ1) is 16.4. The number of aryl methyl sites for hydroxylation is 2. The maximum absolute atomic E-state index is 13.2. The number of unbranched alkanes of at least 4 members (excludes halogenated alkanes) is 3. The number of carbonyl (C=O) groups is 2. The molecule has 0 saturated heterocycles. The van der Waals surface area contributed by atoms with Gasteiger partial charge in [-0.3, -0.25) is 9.59 Å². The molecule has 0 atom stereocenters. The molecule has 34 heavy (non-hydrogen) atoms. The lowest BCUT2D eigenvalue weighted by Gasteiger charge is -2.12. The highest BCUT2D eigenvalue weighted by Gasteiger charge is 2.28. The van der Waals surface area contributed by atoms with Gasteiger partial charge in [-0.1, -0.05) is 112 Å². The van der Waals surface area contributed by atoms with Crippen molar-refractivity contribution in [2.24, 2.45) is 0 Å². The molecule has 0 aliphatic heterocycles. The Morgan fingerprint density at radius 2 is 1.00 bits per heavy atom. The van der Waals surface area contributed by atoms with E-state index in [1.807, 2.05) is 86.6 Å². The van der Waals surface area contributed by atoms with Crippen LogP contribution in [-0.2, 0) is 4.57 Å². The summed E-state index contributed by atoms with van der Waals surface area (Å²) in [4.78, 5) is 26.3. The first kappa shape index (κ1) is 25.6. The van der Waals surface area contributed by atoms with Gasteiger partial charge in [0.25, 0.3) is 0 Å². The van der Waals surface area contributed by atoms with Crippen LogP contribution < -0.4 is 0 Å². The molecule has 0 radical (unpaired) electrons. The SMILES string of the molecule is CCCCCC.Cc1ccc2ccccc2c1C(=O)[PH](=O)C(=O)c1c(C)ccc2ccccc12. The van der Waals surface area contributed by atoms with Gasteiger partial charge < -0.3 is 4.57 Å². The van der Waals surface area contributed by atoms with Gasteiger partial charge in [0.15, 0.2) is 0 Å². The van der Waals surface area contributed by atoms with Crippen LogP contribution in [0, 0.1) is 13.8 Å². The van der Waals surface area contributed by atoms with E-state index in [-0.39, 0.29) is 0 Å². The van der Waals surface area contributed by atoms with Crippen LogP contribution in [0.15, 0.2) is 72.8 Å². The summed E-state index contributed by atoms with van der Waals surface area (Å²) in [6, 6.07) is 22.4. The average molecular weight is 473 g/mol. The lowest BCUT2D eigenvalue weighted by atomic mass is 10.0. The highest BCUT2D eigenvalue weighted by molar-refractivity contribution is 7.80. The standard InChI is InChI=1S/C24H19O3P.C6H14/c1-15-11-13-17-7-3-5-9-19(17)21(15)23(25)28(27)24(26)22-16(2)12-14-18-8-4-6-10-20(18)22;1-3-5-6-4-2/h3-14,28H,1-2H3;3-6H2,1-2H3. The van der Waals surface area contributed by atoms with Gasteiger partial charge in [-0.15, -0.1) is 0 Å². The van der Waals surface area contributed by atoms with Crippen LogP contribution in [0.3, 0.4) is 0 Å². The van der Waals surface area contributed by atoms with Crippen molar-refractivity contribution in [1.29, 1.82) is 0 Å². The predicted octanol–water partition coefficient (Wildman–Crippen LogP) is 8.74. The zero-order chi connectivity index (χ0) is 24.7. The molecule has 4 rings (SSSR count). The number of rotatable bonds is 7. The van der Waals surface area contributed by atoms with Crippen molar-refractivity contribution in [3.63, 3.8) is 0 Å². The number of hydrogen-bond donors (Lipinski definition) is 0. The highest BCUT2D eigenvalue weighted by Crippen LogP contribution is 2.38. The lowest BCUT2D eigenvalue weighted by Crippen LogP contribution is -2.06. The van der Waals surface area contributed by atoms with Crippen molar-refractivity contribution < 1.29 is 14.2 Å². The summed E-state index contributed by atoms with van der Waals surface area (Å²) in [6.45, 7) is 8.08. The van der Waals surface area contributed by atoms with Crippen molar-refractivity contribution in [1.82, 2.24) is 0 Å². The molecule has 0 saturated carbocycles. The Morgan fingerprint density at radius 1 is 0.618 bits per heavy atom. The third-order valence-corrected chi connectivity index (χ3v) is 7.42. The van der Waals surface area contributed by atoms with E-state index in [0.29, 0.717) is 11.1 Å². The quantitative estimate of drug-likeness (QED) is 0.200. The Balaban J connectivity index is 0.000000481. The van der Waals surface area contributed by atoms with Gasteiger partial charge >= 0.3 is 0 Å². The second kappa shape index (κ2) is 11.9.